The largest absolute Gasteiger partial charge is 0.477 e. The lowest BCUT2D eigenvalue weighted by molar-refractivity contribution is 0.241. The lowest BCUT2D eigenvalue weighted by Crippen LogP contribution is -2.08. The summed E-state index contributed by atoms with van der Waals surface area (Å²) in [5.74, 6) is 0.618. The van der Waals surface area contributed by atoms with Crippen molar-refractivity contribution >= 4 is 11.0 Å². The van der Waals surface area contributed by atoms with E-state index in [0.717, 1.165) is 39.8 Å². The Balaban J connectivity index is 2.25. The van der Waals surface area contributed by atoms with Crippen LogP contribution in [0.3, 0.4) is 0 Å². The first-order chi connectivity index (χ1) is 12.1. The van der Waals surface area contributed by atoms with Crippen LogP contribution in [0, 0.1) is 6.92 Å². The predicted octanol–water partition coefficient (Wildman–Crippen LogP) is 3.92. The van der Waals surface area contributed by atoms with Crippen LogP contribution in [0.4, 0.5) is 0 Å². The summed E-state index contributed by atoms with van der Waals surface area (Å²) in [6.45, 7) is 8.81. The summed E-state index contributed by atoms with van der Waals surface area (Å²) in [4.78, 5) is 9.34. The standard InChI is InChI=1S/C20H25N3O2/c1-5-15-10-17-18(13(3)11-23(17)14(4)12-24)22-19(15)16-8-7-9-21-20(16)25-6-2/h7-11,14,24H,5-6,12H2,1-4H3/t14-/m1/s1. The minimum atomic E-state index is 0.0194. The van der Waals surface area contributed by atoms with Crippen molar-refractivity contribution in [1.82, 2.24) is 14.5 Å². The van der Waals surface area contributed by atoms with Gasteiger partial charge in [-0.1, -0.05) is 6.92 Å². The maximum Gasteiger partial charge on any atom is 0.222 e. The summed E-state index contributed by atoms with van der Waals surface area (Å²) < 4.78 is 7.81. The molecule has 0 aliphatic rings. The number of aliphatic hydroxyl groups excluding tert-OH is 1. The van der Waals surface area contributed by atoms with Crippen molar-refractivity contribution in [3.8, 4) is 17.1 Å². The number of hydrogen-bond donors (Lipinski definition) is 1. The van der Waals surface area contributed by atoms with E-state index in [4.69, 9.17) is 9.72 Å². The molecule has 0 fully saturated rings. The Labute approximate surface area is 148 Å². The molecule has 0 radical (unpaired) electrons. The third-order valence-corrected chi connectivity index (χ3v) is 4.49. The van der Waals surface area contributed by atoms with E-state index in [1.54, 1.807) is 6.20 Å². The monoisotopic (exact) mass is 339 g/mol. The molecule has 0 aliphatic carbocycles. The fourth-order valence-electron chi connectivity index (χ4n) is 3.15. The number of rotatable bonds is 6. The molecule has 0 aromatic carbocycles. The summed E-state index contributed by atoms with van der Waals surface area (Å²) in [5, 5.41) is 9.55. The molecule has 25 heavy (non-hydrogen) atoms. The van der Waals surface area contributed by atoms with Crippen molar-refractivity contribution in [3.05, 3.63) is 41.7 Å². The lowest BCUT2D eigenvalue weighted by atomic mass is 10.0. The molecule has 0 saturated carbocycles. The minimum absolute atomic E-state index is 0.0194. The third-order valence-electron chi connectivity index (χ3n) is 4.49. The Bertz CT molecular complexity index is 886. The number of fused-ring (bicyclic) bond motifs is 1. The maximum atomic E-state index is 9.55. The van der Waals surface area contributed by atoms with E-state index >= 15 is 0 Å². The zero-order chi connectivity index (χ0) is 18.0. The van der Waals surface area contributed by atoms with Crippen LogP contribution in [0.2, 0.25) is 0 Å². The molecule has 3 aromatic heterocycles. The van der Waals surface area contributed by atoms with E-state index in [2.05, 4.69) is 35.7 Å². The van der Waals surface area contributed by atoms with Gasteiger partial charge in [0.05, 0.1) is 41.5 Å². The Morgan fingerprint density at radius 2 is 2.12 bits per heavy atom. The fraction of sp³-hybridized carbons (Fsp3) is 0.400. The van der Waals surface area contributed by atoms with Crippen LogP contribution in [-0.4, -0.2) is 32.9 Å². The molecular weight excluding hydrogens is 314 g/mol. The van der Waals surface area contributed by atoms with Gasteiger partial charge >= 0.3 is 0 Å². The Morgan fingerprint density at radius 3 is 2.80 bits per heavy atom. The van der Waals surface area contributed by atoms with Crippen LogP contribution in [0.1, 0.15) is 37.9 Å². The first-order valence-corrected chi connectivity index (χ1v) is 8.80. The van der Waals surface area contributed by atoms with Crippen molar-refractivity contribution in [2.75, 3.05) is 13.2 Å². The number of hydrogen-bond acceptors (Lipinski definition) is 4. The second-order valence-corrected chi connectivity index (χ2v) is 6.26. The highest BCUT2D eigenvalue weighted by Gasteiger charge is 2.18. The molecule has 1 N–H and O–H groups in total. The third kappa shape index (κ3) is 3.12. The first-order valence-electron chi connectivity index (χ1n) is 8.80. The second-order valence-electron chi connectivity index (χ2n) is 6.26. The van der Waals surface area contributed by atoms with Gasteiger partial charge in [-0.15, -0.1) is 0 Å². The predicted molar refractivity (Wildman–Crippen MR) is 100 cm³/mol. The van der Waals surface area contributed by atoms with Crippen LogP contribution >= 0.6 is 0 Å². The van der Waals surface area contributed by atoms with E-state index in [1.807, 2.05) is 26.0 Å². The van der Waals surface area contributed by atoms with Crippen LogP contribution in [-0.2, 0) is 6.42 Å². The molecule has 0 unspecified atom stereocenters. The SMILES string of the molecule is CCOc1ncccc1-c1nc2c(C)cn([C@H](C)CO)c2cc1CC. The van der Waals surface area contributed by atoms with Gasteiger partial charge in [0.1, 0.15) is 0 Å². The maximum absolute atomic E-state index is 9.55. The summed E-state index contributed by atoms with van der Waals surface area (Å²) in [6, 6.07) is 6.12. The van der Waals surface area contributed by atoms with Crippen molar-refractivity contribution in [1.29, 1.82) is 0 Å². The number of aryl methyl sites for hydroxylation is 2. The molecule has 0 aliphatic heterocycles. The number of aliphatic hydroxyl groups is 1. The van der Waals surface area contributed by atoms with Gasteiger partial charge < -0.3 is 14.4 Å². The molecule has 3 rings (SSSR count). The van der Waals surface area contributed by atoms with Gasteiger partial charge in [-0.25, -0.2) is 9.97 Å². The number of nitrogens with zero attached hydrogens (tertiary/aromatic N) is 3. The Kier molecular flexibility index (Phi) is 5.04. The van der Waals surface area contributed by atoms with Crippen LogP contribution in [0.5, 0.6) is 5.88 Å². The number of ether oxygens (including phenoxy) is 1. The molecule has 3 aromatic rings. The van der Waals surface area contributed by atoms with E-state index in [1.165, 1.54) is 0 Å². The quantitative estimate of drug-likeness (QED) is 0.739. The normalized spacial score (nSPS) is 12.5. The Morgan fingerprint density at radius 1 is 1.32 bits per heavy atom. The lowest BCUT2D eigenvalue weighted by Gasteiger charge is -2.15. The summed E-state index contributed by atoms with van der Waals surface area (Å²) in [5.41, 5.74) is 6.10. The molecule has 5 nitrogen and oxygen atoms in total. The highest BCUT2D eigenvalue weighted by Crippen LogP contribution is 2.33. The molecule has 5 heteroatoms. The van der Waals surface area contributed by atoms with Gasteiger partial charge in [-0.3, -0.25) is 0 Å². The zero-order valence-electron chi connectivity index (χ0n) is 15.3. The molecular formula is C20H25N3O2. The number of aromatic nitrogens is 3. The first kappa shape index (κ1) is 17.4. The summed E-state index contributed by atoms with van der Waals surface area (Å²) >= 11 is 0. The van der Waals surface area contributed by atoms with E-state index in [0.29, 0.717) is 12.5 Å². The van der Waals surface area contributed by atoms with Gasteiger partial charge in [-0.05, 0) is 56.5 Å². The molecule has 3 heterocycles. The molecule has 1 atom stereocenters. The average molecular weight is 339 g/mol. The van der Waals surface area contributed by atoms with Gasteiger partial charge in [0.2, 0.25) is 5.88 Å². The van der Waals surface area contributed by atoms with Gasteiger partial charge in [0, 0.05) is 12.4 Å². The van der Waals surface area contributed by atoms with E-state index in [-0.39, 0.29) is 12.6 Å². The average Bonchev–Trinajstić information content (AvgIpc) is 2.96. The van der Waals surface area contributed by atoms with Crippen molar-refractivity contribution in [2.45, 2.75) is 40.2 Å². The van der Waals surface area contributed by atoms with Crippen LogP contribution < -0.4 is 4.74 Å². The molecule has 0 spiro atoms. The summed E-state index contributed by atoms with van der Waals surface area (Å²) in [7, 11) is 0. The van der Waals surface area contributed by atoms with E-state index < -0.39 is 0 Å². The van der Waals surface area contributed by atoms with E-state index in [9.17, 15) is 5.11 Å². The Hall–Kier alpha value is -2.40. The topological polar surface area (TPSA) is 60.2 Å². The molecule has 0 bridgehead atoms. The van der Waals surface area contributed by atoms with Crippen molar-refractivity contribution < 1.29 is 9.84 Å². The highest BCUT2D eigenvalue weighted by atomic mass is 16.5. The smallest absolute Gasteiger partial charge is 0.222 e. The van der Waals surface area contributed by atoms with Gasteiger partial charge in [-0.2, -0.15) is 0 Å². The fourth-order valence-corrected chi connectivity index (χ4v) is 3.15. The summed E-state index contributed by atoms with van der Waals surface area (Å²) in [6.07, 6.45) is 4.66. The number of pyridine rings is 2. The van der Waals surface area contributed by atoms with Gasteiger partial charge in [0.25, 0.3) is 0 Å². The van der Waals surface area contributed by atoms with Crippen molar-refractivity contribution in [2.24, 2.45) is 0 Å². The molecule has 132 valence electrons. The van der Waals surface area contributed by atoms with Gasteiger partial charge in [0.15, 0.2) is 0 Å². The molecule has 0 amide bonds. The molecule has 0 saturated heterocycles. The van der Waals surface area contributed by atoms with Crippen LogP contribution in [0.15, 0.2) is 30.6 Å². The van der Waals surface area contributed by atoms with Crippen molar-refractivity contribution in [3.63, 3.8) is 0 Å². The second kappa shape index (κ2) is 7.23. The van der Waals surface area contributed by atoms with Crippen LogP contribution in [0.25, 0.3) is 22.3 Å². The minimum Gasteiger partial charge on any atom is -0.477 e. The highest BCUT2D eigenvalue weighted by molar-refractivity contribution is 5.85. The zero-order valence-corrected chi connectivity index (χ0v) is 15.3.